The number of benzene rings is 2. The molecule has 2 aliphatic rings. The number of aromatic nitrogens is 4. The molecule has 1 saturated heterocycles. The number of likely N-dealkylation sites (tertiary alicyclic amines) is 1. The first-order chi connectivity index (χ1) is 18.6. The Morgan fingerprint density at radius 3 is 2.56 bits per heavy atom. The largest absolute Gasteiger partial charge is 0.478 e. The van der Waals surface area contributed by atoms with Crippen molar-refractivity contribution in [2.75, 3.05) is 13.1 Å². The first-order valence-electron chi connectivity index (χ1n) is 13.4. The molecule has 0 saturated carbocycles. The number of nitrogens with one attached hydrogen (secondary N) is 1. The number of carboxylic acids is 1. The maximum Gasteiger partial charge on any atom is 0.335 e. The number of hydrogen-bond donors (Lipinski definition) is 2. The van der Waals surface area contributed by atoms with Crippen LogP contribution in [0.2, 0.25) is 0 Å². The van der Waals surface area contributed by atoms with Crippen molar-refractivity contribution in [2.24, 2.45) is 5.41 Å². The van der Waals surface area contributed by atoms with Crippen LogP contribution in [0.4, 0.5) is 0 Å². The van der Waals surface area contributed by atoms with Gasteiger partial charge in [-0.15, -0.1) is 0 Å². The van der Waals surface area contributed by atoms with E-state index < -0.39 is 5.97 Å². The van der Waals surface area contributed by atoms with Crippen molar-refractivity contribution < 1.29 is 19.5 Å². The number of hydrogen-bond acceptors (Lipinski definition) is 5. The van der Waals surface area contributed by atoms with Crippen molar-refractivity contribution in [3.8, 4) is 11.1 Å². The molecule has 3 heterocycles. The number of piperidine rings is 1. The minimum Gasteiger partial charge on any atom is -0.478 e. The second-order valence-corrected chi connectivity index (χ2v) is 11.3. The number of rotatable bonds is 4. The van der Waals surface area contributed by atoms with Crippen molar-refractivity contribution in [3.63, 3.8) is 0 Å². The number of H-pyrrole nitrogens is 1. The second-order valence-electron chi connectivity index (χ2n) is 11.3. The van der Waals surface area contributed by atoms with Crippen LogP contribution >= 0.6 is 0 Å². The monoisotopic (exact) mass is 525 g/mol. The standard InChI is InChI=1S/C30H31N5O4/c1-17(2)35-27-22(16-31-35)14-30(15-25(27)36)7-9-34(10-8-30)28(37)21-12-23(26-24(13-21)32-18(3)33-26)19-5-4-6-20(11-19)29(38)39/h4-6,11-13,16-17H,7-10,14-15H2,1-3H3,(H,32,33)(H,38,39). The lowest BCUT2D eigenvalue weighted by Gasteiger charge is -2.43. The molecule has 2 N–H and O–H groups in total. The lowest BCUT2D eigenvalue weighted by molar-refractivity contribution is 0.0516. The summed E-state index contributed by atoms with van der Waals surface area (Å²) >= 11 is 0. The predicted octanol–water partition coefficient (Wildman–Crippen LogP) is 5.07. The number of carbonyl (C=O) groups excluding carboxylic acids is 2. The topological polar surface area (TPSA) is 121 Å². The Balaban J connectivity index is 1.27. The smallest absolute Gasteiger partial charge is 0.335 e. The van der Waals surface area contributed by atoms with Gasteiger partial charge in [-0.3, -0.25) is 14.3 Å². The second kappa shape index (κ2) is 9.18. The van der Waals surface area contributed by atoms with Gasteiger partial charge in [-0.05, 0) is 75.3 Å². The zero-order valence-electron chi connectivity index (χ0n) is 22.3. The molecule has 0 bridgehead atoms. The Bertz CT molecular complexity index is 1640. The highest BCUT2D eigenvalue weighted by molar-refractivity contribution is 6.03. The SMILES string of the molecule is Cc1nc2c(-c3cccc(C(=O)O)c3)cc(C(=O)N3CCC4(CC3)CC(=O)c3c(cnn3C(C)C)C4)cc2[nH]1. The molecule has 0 radical (unpaired) electrons. The number of amides is 1. The number of aromatic carboxylic acids is 1. The zero-order valence-corrected chi connectivity index (χ0v) is 22.3. The molecular formula is C30H31N5O4. The van der Waals surface area contributed by atoms with Crippen LogP contribution in [0, 0.1) is 12.3 Å². The van der Waals surface area contributed by atoms with Gasteiger partial charge >= 0.3 is 5.97 Å². The summed E-state index contributed by atoms with van der Waals surface area (Å²) in [5.41, 5.74) is 5.16. The minimum absolute atomic E-state index is 0.0786. The highest BCUT2D eigenvalue weighted by Gasteiger charge is 2.43. The van der Waals surface area contributed by atoms with Gasteiger partial charge in [-0.1, -0.05) is 12.1 Å². The third-order valence-corrected chi connectivity index (χ3v) is 8.21. The molecule has 1 aliphatic carbocycles. The van der Waals surface area contributed by atoms with Crippen molar-refractivity contribution in [1.29, 1.82) is 0 Å². The molecule has 1 aliphatic heterocycles. The van der Waals surface area contributed by atoms with Crippen LogP contribution in [-0.2, 0) is 6.42 Å². The Hall–Kier alpha value is -4.27. The van der Waals surface area contributed by atoms with E-state index in [0.29, 0.717) is 47.5 Å². The molecule has 200 valence electrons. The maximum atomic E-state index is 13.7. The fourth-order valence-corrected chi connectivity index (χ4v) is 6.24. The van der Waals surface area contributed by atoms with Gasteiger partial charge in [0, 0.05) is 42.2 Å². The number of fused-ring (bicyclic) bond motifs is 2. The first-order valence-corrected chi connectivity index (χ1v) is 13.4. The van der Waals surface area contributed by atoms with E-state index in [1.54, 1.807) is 18.2 Å². The van der Waals surface area contributed by atoms with E-state index in [1.807, 2.05) is 54.7 Å². The van der Waals surface area contributed by atoms with E-state index >= 15 is 0 Å². The van der Waals surface area contributed by atoms with Gasteiger partial charge < -0.3 is 15.0 Å². The average molecular weight is 526 g/mol. The summed E-state index contributed by atoms with van der Waals surface area (Å²) in [6.07, 6.45) is 4.66. The third kappa shape index (κ3) is 4.31. The first kappa shape index (κ1) is 25.0. The number of Topliss-reactive ketones (excluding diaryl/α,β-unsaturated/α-hetero) is 1. The van der Waals surface area contributed by atoms with E-state index in [2.05, 4.69) is 15.1 Å². The van der Waals surface area contributed by atoms with Crippen molar-refractivity contribution >= 4 is 28.7 Å². The summed E-state index contributed by atoms with van der Waals surface area (Å²) in [7, 11) is 0. The Morgan fingerprint density at radius 1 is 1.08 bits per heavy atom. The van der Waals surface area contributed by atoms with Gasteiger partial charge in [0.25, 0.3) is 5.91 Å². The van der Waals surface area contributed by atoms with E-state index in [1.165, 1.54) is 0 Å². The molecule has 0 atom stereocenters. The minimum atomic E-state index is -1.01. The Labute approximate surface area is 225 Å². The quantitative estimate of drug-likeness (QED) is 0.384. The molecule has 1 fully saturated rings. The van der Waals surface area contributed by atoms with Crippen LogP contribution in [0.3, 0.4) is 0 Å². The lowest BCUT2D eigenvalue weighted by Crippen LogP contribution is -2.46. The Morgan fingerprint density at radius 2 is 1.85 bits per heavy atom. The van der Waals surface area contributed by atoms with Gasteiger partial charge in [0.05, 0.1) is 22.8 Å². The molecule has 2 aromatic carbocycles. The predicted molar refractivity (Wildman–Crippen MR) is 146 cm³/mol. The summed E-state index contributed by atoms with van der Waals surface area (Å²) < 4.78 is 1.83. The van der Waals surface area contributed by atoms with Crippen LogP contribution in [0.15, 0.2) is 42.6 Å². The molecule has 0 unspecified atom stereocenters. The summed E-state index contributed by atoms with van der Waals surface area (Å²) in [4.78, 5) is 48.2. The van der Waals surface area contributed by atoms with Crippen LogP contribution in [-0.4, -0.2) is 60.5 Å². The molecule has 9 nitrogen and oxygen atoms in total. The number of carboxylic acid groups (broad SMARTS) is 1. The summed E-state index contributed by atoms with van der Waals surface area (Å²) in [5, 5.41) is 14.0. The molecule has 39 heavy (non-hydrogen) atoms. The fourth-order valence-electron chi connectivity index (χ4n) is 6.24. The van der Waals surface area contributed by atoms with Gasteiger partial charge in [0.15, 0.2) is 5.78 Å². The molecule has 2 aromatic heterocycles. The van der Waals surface area contributed by atoms with E-state index in [9.17, 15) is 19.5 Å². The van der Waals surface area contributed by atoms with Gasteiger partial charge in [0.1, 0.15) is 11.5 Å². The highest BCUT2D eigenvalue weighted by Crippen LogP contribution is 2.44. The summed E-state index contributed by atoms with van der Waals surface area (Å²) in [5.74, 6) is -0.224. The summed E-state index contributed by atoms with van der Waals surface area (Å²) in [6, 6.07) is 10.5. The molecule has 6 rings (SSSR count). The van der Waals surface area contributed by atoms with Crippen molar-refractivity contribution in [2.45, 2.75) is 52.5 Å². The Kier molecular flexibility index (Phi) is 5.89. The normalized spacial score (nSPS) is 16.7. The molecule has 1 spiro atoms. The molecule has 9 heteroatoms. The van der Waals surface area contributed by atoms with Crippen LogP contribution < -0.4 is 0 Å². The number of ketones is 1. The van der Waals surface area contributed by atoms with Gasteiger partial charge in [0.2, 0.25) is 0 Å². The van der Waals surface area contributed by atoms with Crippen molar-refractivity contribution in [3.05, 3.63) is 70.8 Å². The molecular weight excluding hydrogens is 494 g/mol. The lowest BCUT2D eigenvalue weighted by atomic mass is 9.67. The number of imidazole rings is 1. The molecule has 4 aromatic rings. The highest BCUT2D eigenvalue weighted by atomic mass is 16.4. The van der Waals surface area contributed by atoms with E-state index in [0.717, 1.165) is 36.0 Å². The summed E-state index contributed by atoms with van der Waals surface area (Å²) in [6.45, 7) is 7.06. The van der Waals surface area contributed by atoms with E-state index in [-0.39, 0.29) is 28.7 Å². The number of aromatic amines is 1. The number of aryl methyl sites for hydroxylation is 1. The number of nitrogens with zero attached hydrogens (tertiary/aromatic N) is 4. The third-order valence-electron chi connectivity index (χ3n) is 8.21. The van der Waals surface area contributed by atoms with E-state index in [4.69, 9.17) is 0 Å². The zero-order chi connectivity index (χ0) is 27.5. The van der Waals surface area contributed by atoms with Crippen LogP contribution in [0.5, 0.6) is 0 Å². The maximum absolute atomic E-state index is 13.7. The molecule has 1 amide bonds. The van der Waals surface area contributed by atoms with Gasteiger partial charge in [-0.25, -0.2) is 9.78 Å². The van der Waals surface area contributed by atoms with Gasteiger partial charge in [-0.2, -0.15) is 5.10 Å². The van der Waals surface area contributed by atoms with Crippen LogP contribution in [0.25, 0.3) is 22.2 Å². The van der Waals surface area contributed by atoms with Crippen molar-refractivity contribution in [1.82, 2.24) is 24.6 Å². The average Bonchev–Trinajstić information content (AvgIpc) is 3.51. The fraction of sp³-hybridized carbons (Fsp3) is 0.367. The van der Waals surface area contributed by atoms with Crippen LogP contribution in [0.1, 0.15) is 81.7 Å². The number of carbonyl (C=O) groups is 3.